The van der Waals surface area contributed by atoms with Gasteiger partial charge in [-0.25, -0.2) is 4.98 Å². The number of pyridine rings is 1. The molecule has 2 heterocycles. The Morgan fingerprint density at radius 3 is 2.70 bits per heavy atom. The molecule has 5 nitrogen and oxygen atoms in total. The summed E-state index contributed by atoms with van der Waals surface area (Å²) in [6, 6.07) is 9.63. The first-order chi connectivity index (χ1) is 11.0. The molecule has 23 heavy (non-hydrogen) atoms. The van der Waals surface area contributed by atoms with E-state index < -0.39 is 5.97 Å². The zero-order valence-corrected chi connectivity index (χ0v) is 13.3. The molecule has 1 N–H and O–H groups in total. The van der Waals surface area contributed by atoms with E-state index in [0.29, 0.717) is 11.4 Å². The molecule has 5 heteroatoms. The van der Waals surface area contributed by atoms with Crippen LogP contribution in [0.1, 0.15) is 16.8 Å². The normalized spacial score (nSPS) is 10.9. The van der Waals surface area contributed by atoms with Crippen molar-refractivity contribution < 1.29 is 14.6 Å². The zero-order valence-electron chi connectivity index (χ0n) is 13.3. The van der Waals surface area contributed by atoms with Gasteiger partial charge in [0.15, 0.2) is 0 Å². The minimum atomic E-state index is -0.875. The molecular formula is C18H18N2O3. The summed E-state index contributed by atoms with van der Waals surface area (Å²) in [5, 5.41) is 9.26. The van der Waals surface area contributed by atoms with Crippen LogP contribution in [0.5, 0.6) is 5.75 Å². The molecule has 1 aromatic carbocycles. The van der Waals surface area contributed by atoms with Crippen LogP contribution in [-0.2, 0) is 11.2 Å². The van der Waals surface area contributed by atoms with E-state index in [0.717, 1.165) is 28.1 Å². The van der Waals surface area contributed by atoms with Gasteiger partial charge in [-0.15, -0.1) is 0 Å². The molecule has 0 unspecified atom stereocenters. The van der Waals surface area contributed by atoms with Gasteiger partial charge in [0.1, 0.15) is 11.4 Å². The van der Waals surface area contributed by atoms with Crippen molar-refractivity contribution in [2.24, 2.45) is 0 Å². The Morgan fingerprint density at radius 2 is 2.04 bits per heavy atom. The fraction of sp³-hybridized carbons (Fsp3) is 0.222. The number of carbonyl (C=O) groups is 1. The lowest BCUT2D eigenvalue weighted by atomic mass is 10.1. The van der Waals surface area contributed by atoms with E-state index in [-0.39, 0.29) is 6.42 Å². The number of aromatic nitrogens is 2. The van der Waals surface area contributed by atoms with E-state index in [1.807, 2.05) is 54.8 Å². The van der Waals surface area contributed by atoms with Crippen LogP contribution in [-0.4, -0.2) is 27.6 Å². The number of imidazole rings is 1. The van der Waals surface area contributed by atoms with Crippen LogP contribution in [0.25, 0.3) is 16.9 Å². The maximum Gasteiger partial charge on any atom is 0.309 e. The Balaban J connectivity index is 2.25. The molecule has 0 spiro atoms. The van der Waals surface area contributed by atoms with Crippen LogP contribution in [0, 0.1) is 13.8 Å². The van der Waals surface area contributed by atoms with Gasteiger partial charge in [0.25, 0.3) is 0 Å². The summed E-state index contributed by atoms with van der Waals surface area (Å²) in [7, 11) is 1.63. The molecule has 0 fully saturated rings. The topological polar surface area (TPSA) is 63.8 Å². The summed E-state index contributed by atoms with van der Waals surface area (Å²) in [4.78, 5) is 16.0. The number of aryl methyl sites for hydroxylation is 2. The van der Waals surface area contributed by atoms with Crippen molar-refractivity contribution in [2.75, 3.05) is 7.11 Å². The Morgan fingerprint density at radius 1 is 1.26 bits per heavy atom. The lowest BCUT2D eigenvalue weighted by Crippen LogP contribution is -2.05. The molecule has 0 aliphatic rings. The van der Waals surface area contributed by atoms with Crippen LogP contribution in [0.4, 0.5) is 0 Å². The molecule has 0 amide bonds. The fourth-order valence-electron chi connectivity index (χ4n) is 2.82. The Labute approximate surface area is 134 Å². The summed E-state index contributed by atoms with van der Waals surface area (Å²) < 4.78 is 7.15. The minimum absolute atomic E-state index is 0.0783. The molecule has 0 atom stereocenters. The van der Waals surface area contributed by atoms with Gasteiger partial charge in [-0.1, -0.05) is 6.07 Å². The predicted octanol–water partition coefficient (Wildman–Crippen LogP) is 3.25. The summed E-state index contributed by atoms with van der Waals surface area (Å²) in [5.74, 6) is -0.0757. The highest BCUT2D eigenvalue weighted by molar-refractivity contribution is 5.77. The maximum atomic E-state index is 11.3. The van der Waals surface area contributed by atoms with E-state index in [9.17, 15) is 9.90 Å². The summed E-state index contributed by atoms with van der Waals surface area (Å²) in [6.45, 7) is 3.93. The van der Waals surface area contributed by atoms with Gasteiger partial charge in [-0.05, 0) is 49.2 Å². The SMILES string of the molecule is COc1ccc(-c2nc3c(C)cccn3c2CC(=O)O)cc1C. The van der Waals surface area contributed by atoms with Crippen molar-refractivity contribution >= 4 is 11.6 Å². The van der Waals surface area contributed by atoms with Crippen LogP contribution in [0.15, 0.2) is 36.5 Å². The smallest absolute Gasteiger partial charge is 0.309 e. The number of carboxylic acids is 1. The van der Waals surface area contributed by atoms with E-state index in [4.69, 9.17) is 9.72 Å². The zero-order chi connectivity index (χ0) is 16.6. The van der Waals surface area contributed by atoms with Crippen LogP contribution in [0.3, 0.4) is 0 Å². The number of benzene rings is 1. The summed E-state index contributed by atoms with van der Waals surface area (Å²) in [6.07, 6.45) is 1.78. The number of fused-ring (bicyclic) bond motifs is 1. The third-order valence-corrected chi connectivity index (χ3v) is 3.93. The van der Waals surface area contributed by atoms with Crippen LogP contribution < -0.4 is 4.74 Å². The number of ether oxygens (including phenoxy) is 1. The molecule has 3 aromatic rings. The Kier molecular flexibility index (Phi) is 3.78. The van der Waals surface area contributed by atoms with Crippen molar-refractivity contribution in [1.29, 1.82) is 0 Å². The molecule has 0 radical (unpaired) electrons. The maximum absolute atomic E-state index is 11.3. The number of carboxylic acid groups (broad SMARTS) is 1. The average Bonchev–Trinajstić information content (AvgIpc) is 2.87. The largest absolute Gasteiger partial charge is 0.496 e. The second-order valence-corrected chi connectivity index (χ2v) is 5.55. The van der Waals surface area contributed by atoms with Gasteiger partial charge in [0, 0.05) is 11.8 Å². The third-order valence-electron chi connectivity index (χ3n) is 3.93. The molecule has 3 rings (SSSR count). The van der Waals surface area contributed by atoms with Gasteiger partial charge in [0.05, 0.1) is 24.9 Å². The molecule has 0 bridgehead atoms. The number of hydrogen-bond donors (Lipinski definition) is 1. The molecule has 0 aliphatic heterocycles. The van der Waals surface area contributed by atoms with Gasteiger partial charge >= 0.3 is 5.97 Å². The van der Waals surface area contributed by atoms with Crippen molar-refractivity contribution in [3.63, 3.8) is 0 Å². The molecule has 2 aromatic heterocycles. The quantitative estimate of drug-likeness (QED) is 0.803. The van der Waals surface area contributed by atoms with Crippen molar-refractivity contribution in [3.05, 3.63) is 53.3 Å². The highest BCUT2D eigenvalue weighted by atomic mass is 16.5. The van der Waals surface area contributed by atoms with E-state index in [1.165, 1.54) is 0 Å². The van der Waals surface area contributed by atoms with Gasteiger partial charge < -0.3 is 14.2 Å². The highest BCUT2D eigenvalue weighted by Gasteiger charge is 2.18. The van der Waals surface area contributed by atoms with Gasteiger partial charge in [0.2, 0.25) is 0 Å². The first kappa shape index (κ1) is 15.1. The number of nitrogens with zero attached hydrogens (tertiary/aromatic N) is 2. The summed E-state index contributed by atoms with van der Waals surface area (Å²) in [5.41, 5.74) is 5.05. The molecular weight excluding hydrogens is 292 g/mol. The lowest BCUT2D eigenvalue weighted by molar-refractivity contribution is -0.136. The monoisotopic (exact) mass is 310 g/mol. The lowest BCUT2D eigenvalue weighted by Gasteiger charge is -2.07. The number of methoxy groups -OCH3 is 1. The Hall–Kier alpha value is -2.82. The standard InChI is InChI=1S/C18H18N2O3/c1-11-5-4-8-20-14(10-16(21)22)17(19-18(11)20)13-6-7-15(23-3)12(2)9-13/h4-9H,10H2,1-3H3,(H,21,22). The molecule has 0 saturated carbocycles. The average molecular weight is 310 g/mol. The molecule has 0 aliphatic carbocycles. The van der Waals surface area contributed by atoms with Crippen LogP contribution >= 0.6 is 0 Å². The minimum Gasteiger partial charge on any atom is -0.496 e. The second kappa shape index (κ2) is 5.76. The first-order valence-electron chi connectivity index (χ1n) is 7.34. The third kappa shape index (κ3) is 2.65. The fourth-order valence-corrected chi connectivity index (χ4v) is 2.82. The van der Waals surface area contributed by atoms with Gasteiger partial charge in [-0.2, -0.15) is 0 Å². The second-order valence-electron chi connectivity index (χ2n) is 5.55. The van der Waals surface area contributed by atoms with E-state index in [2.05, 4.69) is 0 Å². The van der Waals surface area contributed by atoms with E-state index in [1.54, 1.807) is 7.11 Å². The van der Waals surface area contributed by atoms with Gasteiger partial charge in [-0.3, -0.25) is 4.79 Å². The summed E-state index contributed by atoms with van der Waals surface area (Å²) >= 11 is 0. The van der Waals surface area contributed by atoms with Crippen molar-refractivity contribution in [3.8, 4) is 17.0 Å². The van der Waals surface area contributed by atoms with Crippen molar-refractivity contribution in [2.45, 2.75) is 20.3 Å². The molecule has 118 valence electrons. The first-order valence-corrected chi connectivity index (χ1v) is 7.34. The molecule has 0 saturated heterocycles. The number of rotatable bonds is 4. The van der Waals surface area contributed by atoms with Crippen molar-refractivity contribution in [1.82, 2.24) is 9.38 Å². The highest BCUT2D eigenvalue weighted by Crippen LogP contribution is 2.29. The number of hydrogen-bond acceptors (Lipinski definition) is 3. The Bertz CT molecular complexity index is 897. The van der Waals surface area contributed by atoms with Crippen LogP contribution in [0.2, 0.25) is 0 Å². The van der Waals surface area contributed by atoms with E-state index >= 15 is 0 Å². The number of aliphatic carboxylic acids is 1. The predicted molar refractivity (Wildman–Crippen MR) is 88.0 cm³/mol.